The third-order valence-electron chi connectivity index (χ3n) is 13.1. The van der Waals surface area contributed by atoms with E-state index in [-0.39, 0.29) is 12.5 Å². The van der Waals surface area contributed by atoms with Gasteiger partial charge in [-0.05, 0) is 103 Å². The fourth-order valence-corrected chi connectivity index (χ4v) is 9.06. The number of amides is 1. The van der Waals surface area contributed by atoms with Crippen LogP contribution < -0.4 is 10.2 Å². The number of quaternary nitrogens is 1. The van der Waals surface area contributed by atoms with Crippen LogP contribution in [0.2, 0.25) is 0 Å². The average molecular weight is 1080 g/mol. The van der Waals surface area contributed by atoms with Crippen LogP contribution in [0.4, 0.5) is 0 Å². The molecule has 0 aromatic rings. The van der Waals surface area contributed by atoms with Crippen LogP contribution in [0.5, 0.6) is 0 Å². The second-order valence-corrected chi connectivity index (χ2v) is 23.1. The van der Waals surface area contributed by atoms with E-state index in [0.29, 0.717) is 17.4 Å². The predicted molar refractivity (Wildman–Crippen MR) is 329 cm³/mol. The van der Waals surface area contributed by atoms with Gasteiger partial charge >= 0.3 is 0 Å². The molecule has 3 unspecified atom stereocenters. The Bertz CT molecular complexity index is 1650. The zero-order valence-corrected chi connectivity index (χ0v) is 50.6. The number of phosphoric ester groups is 1. The molecule has 1 amide bonds. The summed E-state index contributed by atoms with van der Waals surface area (Å²) in [6.07, 6.45) is 84.3. The maximum atomic E-state index is 13.0. The van der Waals surface area contributed by atoms with Crippen molar-refractivity contribution in [3.05, 3.63) is 122 Å². The summed E-state index contributed by atoms with van der Waals surface area (Å²) in [4.78, 5) is 25.5. The molecule has 0 rings (SSSR count). The number of carbonyl (C=O) groups is 1. The molecule has 0 fully saturated rings. The minimum Gasteiger partial charge on any atom is -0.756 e. The standard InChI is InChI=1S/C67H117N2O6P/c1-6-8-10-12-14-16-18-20-22-24-26-28-29-30-31-32-33-34-35-36-37-38-39-41-43-45-47-49-51-53-55-57-59-61-67(71)68-65(64-75-76(72,73)74-63-62-69(3,4)5)66(70)60-58-56-54-52-50-48-46-44-42-40-27-25-23-21-19-17-15-13-11-9-7-2/h8,10,14,16,20,22,26,28,30-31,33-34,36-37,42,44,50,52,58,60,65-66,70H,6-7,9,11-13,15,17-19,21,23-25,27,29,32,35,38-41,43,45-49,51,53-57,59,61-64H2,1-5H3,(H-,68,71,72,73)/b10-8-,16-14-,22-20-,28-26-,31-30-,34-33-,37-36-,44-42+,52-50+,60-58+. The number of aliphatic hydroxyl groups is 1. The van der Waals surface area contributed by atoms with Crippen LogP contribution in [0.3, 0.4) is 0 Å². The van der Waals surface area contributed by atoms with Crippen LogP contribution in [0.1, 0.15) is 245 Å². The van der Waals surface area contributed by atoms with E-state index in [1.165, 1.54) is 128 Å². The average Bonchev–Trinajstić information content (AvgIpc) is 3.38. The van der Waals surface area contributed by atoms with Gasteiger partial charge in [-0.15, -0.1) is 0 Å². The second kappa shape index (κ2) is 56.6. The molecule has 0 aliphatic heterocycles. The fourth-order valence-electron chi connectivity index (χ4n) is 8.34. The first-order chi connectivity index (χ1) is 37.0. The minimum absolute atomic E-state index is 0.0151. The number of carbonyl (C=O) groups excluding carboxylic acids is 1. The molecule has 436 valence electrons. The first-order valence-corrected chi connectivity index (χ1v) is 32.4. The SMILES string of the molecule is CC/C=C\C/C=C\C/C=C\C/C=C\C/C=C\C/C=C\C/C=C\CCCCCCCCCCCCCC(=O)NC(COP(=O)([O-])OCC[N+](C)(C)C)C(O)/C=C/CC/C=C/CC/C=C/CCCCCCCCCCCCC. The van der Waals surface area contributed by atoms with Gasteiger partial charge in [0.05, 0.1) is 39.9 Å². The summed E-state index contributed by atoms with van der Waals surface area (Å²) in [5.41, 5.74) is 0. The Morgan fingerprint density at radius 3 is 1.22 bits per heavy atom. The molecule has 76 heavy (non-hydrogen) atoms. The summed E-state index contributed by atoms with van der Waals surface area (Å²) < 4.78 is 23.4. The molecular weight excluding hydrogens is 960 g/mol. The monoisotopic (exact) mass is 1080 g/mol. The van der Waals surface area contributed by atoms with Crippen LogP contribution in [-0.4, -0.2) is 68.5 Å². The Hall–Kier alpha value is -3.10. The number of rotatable bonds is 55. The van der Waals surface area contributed by atoms with Crippen molar-refractivity contribution in [3.63, 3.8) is 0 Å². The zero-order valence-electron chi connectivity index (χ0n) is 49.7. The molecule has 0 aromatic carbocycles. The van der Waals surface area contributed by atoms with E-state index in [1.54, 1.807) is 6.08 Å². The lowest BCUT2D eigenvalue weighted by molar-refractivity contribution is -0.870. The Morgan fingerprint density at radius 2 is 0.816 bits per heavy atom. The molecule has 0 aromatic heterocycles. The van der Waals surface area contributed by atoms with Crippen molar-refractivity contribution in [2.75, 3.05) is 40.9 Å². The lowest BCUT2D eigenvalue weighted by Gasteiger charge is -2.29. The van der Waals surface area contributed by atoms with Gasteiger partial charge in [0.15, 0.2) is 0 Å². The largest absolute Gasteiger partial charge is 0.756 e. The number of nitrogens with zero attached hydrogens (tertiary/aromatic N) is 1. The summed E-state index contributed by atoms with van der Waals surface area (Å²) in [5, 5.41) is 13.9. The van der Waals surface area contributed by atoms with Gasteiger partial charge in [0.25, 0.3) is 7.82 Å². The first-order valence-electron chi connectivity index (χ1n) is 30.9. The zero-order chi connectivity index (χ0) is 55.6. The third kappa shape index (κ3) is 58.6. The van der Waals surface area contributed by atoms with E-state index in [1.807, 2.05) is 27.2 Å². The first kappa shape index (κ1) is 72.9. The van der Waals surface area contributed by atoms with Gasteiger partial charge in [0.2, 0.25) is 5.91 Å². The number of allylic oxidation sites excluding steroid dienone is 19. The topological polar surface area (TPSA) is 108 Å². The maximum absolute atomic E-state index is 13.0. The highest BCUT2D eigenvalue weighted by Crippen LogP contribution is 2.38. The van der Waals surface area contributed by atoms with E-state index < -0.39 is 26.6 Å². The summed E-state index contributed by atoms with van der Waals surface area (Å²) in [7, 11) is 1.22. The normalized spacial score (nSPS) is 14.7. The summed E-state index contributed by atoms with van der Waals surface area (Å²) in [6, 6.07) is -0.920. The summed E-state index contributed by atoms with van der Waals surface area (Å²) >= 11 is 0. The maximum Gasteiger partial charge on any atom is 0.268 e. The van der Waals surface area contributed by atoms with Gasteiger partial charge in [-0.2, -0.15) is 0 Å². The number of hydrogen-bond acceptors (Lipinski definition) is 6. The molecule has 0 saturated heterocycles. The lowest BCUT2D eigenvalue weighted by atomic mass is 10.0. The highest BCUT2D eigenvalue weighted by atomic mass is 31.2. The number of aliphatic hydroxyl groups excluding tert-OH is 1. The van der Waals surface area contributed by atoms with E-state index in [2.05, 4.69) is 129 Å². The van der Waals surface area contributed by atoms with Crippen LogP contribution in [-0.2, 0) is 18.4 Å². The molecule has 0 heterocycles. The van der Waals surface area contributed by atoms with Gasteiger partial charge in [-0.1, -0.05) is 257 Å². The number of unbranched alkanes of at least 4 members (excludes halogenated alkanes) is 24. The van der Waals surface area contributed by atoms with Crippen molar-refractivity contribution in [1.29, 1.82) is 0 Å². The van der Waals surface area contributed by atoms with Crippen molar-refractivity contribution < 1.29 is 32.9 Å². The molecule has 0 saturated carbocycles. The quantitative estimate of drug-likeness (QED) is 0.0272. The Kier molecular flexibility index (Phi) is 54.3. The Labute approximate surface area is 469 Å². The molecule has 9 heteroatoms. The van der Waals surface area contributed by atoms with E-state index in [9.17, 15) is 19.4 Å². The lowest BCUT2D eigenvalue weighted by Crippen LogP contribution is -2.45. The number of phosphoric acid groups is 1. The van der Waals surface area contributed by atoms with Crippen LogP contribution in [0.15, 0.2) is 122 Å². The summed E-state index contributed by atoms with van der Waals surface area (Å²) in [5.74, 6) is -0.219. The Balaban J connectivity index is 4.23. The molecule has 2 N–H and O–H groups in total. The number of nitrogens with one attached hydrogen (secondary N) is 1. The fraction of sp³-hybridized carbons (Fsp3) is 0.687. The molecule has 0 spiro atoms. The molecule has 0 radical (unpaired) electrons. The number of hydrogen-bond donors (Lipinski definition) is 2. The molecule has 0 aliphatic carbocycles. The Morgan fingerprint density at radius 1 is 0.474 bits per heavy atom. The molecule has 0 aliphatic rings. The van der Waals surface area contributed by atoms with Crippen LogP contribution >= 0.6 is 7.82 Å². The van der Waals surface area contributed by atoms with Crippen LogP contribution in [0, 0.1) is 0 Å². The van der Waals surface area contributed by atoms with Crippen molar-refractivity contribution in [2.45, 2.75) is 257 Å². The van der Waals surface area contributed by atoms with Crippen LogP contribution in [0.25, 0.3) is 0 Å². The van der Waals surface area contributed by atoms with Gasteiger partial charge < -0.3 is 28.8 Å². The third-order valence-corrected chi connectivity index (χ3v) is 14.1. The highest BCUT2D eigenvalue weighted by Gasteiger charge is 2.23. The van der Waals surface area contributed by atoms with Crippen molar-refractivity contribution in [1.82, 2.24) is 5.32 Å². The highest BCUT2D eigenvalue weighted by molar-refractivity contribution is 7.45. The predicted octanol–water partition coefficient (Wildman–Crippen LogP) is 18.7. The molecular formula is C67H117N2O6P. The van der Waals surface area contributed by atoms with Crippen molar-refractivity contribution in [2.24, 2.45) is 0 Å². The van der Waals surface area contributed by atoms with E-state index >= 15 is 0 Å². The summed E-state index contributed by atoms with van der Waals surface area (Å²) in [6.45, 7) is 4.50. The smallest absolute Gasteiger partial charge is 0.268 e. The van der Waals surface area contributed by atoms with E-state index in [4.69, 9.17) is 9.05 Å². The van der Waals surface area contributed by atoms with E-state index in [0.717, 1.165) is 96.3 Å². The van der Waals surface area contributed by atoms with Gasteiger partial charge in [0, 0.05) is 6.42 Å². The van der Waals surface area contributed by atoms with Gasteiger partial charge in [0.1, 0.15) is 13.2 Å². The number of likely N-dealkylation sites (N-methyl/N-ethyl adjacent to an activating group) is 1. The molecule has 0 bridgehead atoms. The van der Waals surface area contributed by atoms with Gasteiger partial charge in [-0.25, -0.2) is 0 Å². The minimum atomic E-state index is -4.62. The van der Waals surface area contributed by atoms with Crippen molar-refractivity contribution >= 4 is 13.7 Å². The van der Waals surface area contributed by atoms with Crippen molar-refractivity contribution in [3.8, 4) is 0 Å². The molecule has 8 nitrogen and oxygen atoms in total. The second-order valence-electron chi connectivity index (χ2n) is 21.7. The van der Waals surface area contributed by atoms with Gasteiger partial charge in [-0.3, -0.25) is 9.36 Å². The molecule has 3 atom stereocenters.